The topological polar surface area (TPSA) is 78.9 Å². The van der Waals surface area contributed by atoms with E-state index in [1.807, 2.05) is 19.1 Å². The first-order valence-electron chi connectivity index (χ1n) is 8.52. The van der Waals surface area contributed by atoms with Crippen LogP contribution in [0.4, 0.5) is 0 Å². The normalized spacial score (nSPS) is 18.2. The molecule has 3 aromatic heterocycles. The van der Waals surface area contributed by atoms with Crippen molar-refractivity contribution in [1.82, 2.24) is 19.7 Å². The minimum absolute atomic E-state index is 0. The van der Waals surface area contributed by atoms with Gasteiger partial charge in [0.2, 0.25) is 0 Å². The maximum absolute atomic E-state index is 5.98. The quantitative estimate of drug-likeness (QED) is 0.661. The fourth-order valence-corrected chi connectivity index (χ4v) is 4.00. The molecule has 0 atom stereocenters. The minimum atomic E-state index is 0. The van der Waals surface area contributed by atoms with Gasteiger partial charge < -0.3 is 10.5 Å². The van der Waals surface area contributed by atoms with Crippen LogP contribution in [0.25, 0.3) is 16.5 Å². The van der Waals surface area contributed by atoms with Crippen LogP contribution in [-0.2, 0) is 0 Å². The number of pyridine rings is 1. The molecule has 1 saturated carbocycles. The van der Waals surface area contributed by atoms with Crippen molar-refractivity contribution in [3.05, 3.63) is 41.2 Å². The van der Waals surface area contributed by atoms with Crippen LogP contribution in [0.5, 0.6) is 5.75 Å². The summed E-state index contributed by atoms with van der Waals surface area (Å²) < 4.78 is 7.62. The number of aryl methyl sites for hydroxylation is 1. The first kappa shape index (κ1) is 21.6. The van der Waals surface area contributed by atoms with Crippen molar-refractivity contribution < 1.29 is 4.74 Å². The van der Waals surface area contributed by atoms with Gasteiger partial charge in [0.05, 0.1) is 12.8 Å². The molecular weight excluding hydrogens is 405 g/mol. The predicted molar refractivity (Wildman–Crippen MR) is 113 cm³/mol. The van der Waals surface area contributed by atoms with Crippen LogP contribution in [-0.4, -0.2) is 32.4 Å². The molecule has 6 nitrogen and oxygen atoms in total. The Morgan fingerprint density at radius 2 is 1.96 bits per heavy atom. The van der Waals surface area contributed by atoms with Crippen molar-refractivity contribution in [1.29, 1.82) is 0 Å². The second-order valence-corrected chi connectivity index (χ2v) is 7.61. The average molecular weight is 428 g/mol. The third kappa shape index (κ3) is 4.27. The maximum atomic E-state index is 5.98. The lowest BCUT2D eigenvalue weighted by Crippen LogP contribution is -2.36. The summed E-state index contributed by atoms with van der Waals surface area (Å²) in [4.78, 5) is 5.78. The Morgan fingerprint density at radius 1 is 1.19 bits per heavy atom. The van der Waals surface area contributed by atoms with Crippen LogP contribution >= 0.6 is 36.2 Å². The van der Waals surface area contributed by atoms with Gasteiger partial charge in [0.15, 0.2) is 5.82 Å². The number of thiophene rings is 1. The molecule has 0 aromatic carbocycles. The third-order valence-corrected chi connectivity index (χ3v) is 5.44. The molecule has 1 aliphatic rings. The Bertz CT molecular complexity index is 874. The lowest BCUT2D eigenvalue weighted by Gasteiger charge is -2.31. The second kappa shape index (κ2) is 9.01. The summed E-state index contributed by atoms with van der Waals surface area (Å²) in [5.41, 5.74) is 6.77. The van der Waals surface area contributed by atoms with E-state index in [2.05, 4.69) is 38.8 Å². The van der Waals surface area contributed by atoms with E-state index in [-0.39, 0.29) is 30.9 Å². The molecule has 0 amide bonds. The lowest BCUT2D eigenvalue weighted by atomic mass is 9.80. The van der Waals surface area contributed by atoms with E-state index in [0.29, 0.717) is 12.5 Å². The van der Waals surface area contributed by atoms with Crippen LogP contribution in [0.1, 0.15) is 36.4 Å². The van der Waals surface area contributed by atoms with Crippen LogP contribution in [0, 0.1) is 6.92 Å². The monoisotopic (exact) mass is 427 g/mol. The van der Waals surface area contributed by atoms with Gasteiger partial charge in [0, 0.05) is 16.8 Å². The van der Waals surface area contributed by atoms with E-state index in [0.717, 1.165) is 40.9 Å². The van der Waals surface area contributed by atoms with Crippen LogP contribution in [0.15, 0.2) is 30.5 Å². The lowest BCUT2D eigenvalue weighted by molar-refractivity contribution is 0.335. The fourth-order valence-electron chi connectivity index (χ4n) is 3.12. The van der Waals surface area contributed by atoms with Gasteiger partial charge >= 0.3 is 0 Å². The van der Waals surface area contributed by atoms with Crippen molar-refractivity contribution in [2.24, 2.45) is 5.73 Å². The highest BCUT2D eigenvalue weighted by molar-refractivity contribution is 7.14. The zero-order valence-corrected chi connectivity index (χ0v) is 17.6. The Hall–Kier alpha value is -1.67. The Morgan fingerprint density at radius 3 is 2.52 bits per heavy atom. The van der Waals surface area contributed by atoms with Gasteiger partial charge in [-0.15, -0.1) is 46.3 Å². The molecule has 4 rings (SSSR count). The highest BCUT2D eigenvalue weighted by Crippen LogP contribution is 2.38. The minimum Gasteiger partial charge on any atom is -0.492 e. The largest absolute Gasteiger partial charge is 0.492 e. The number of halogens is 2. The van der Waals surface area contributed by atoms with Crippen molar-refractivity contribution >= 4 is 36.2 Å². The summed E-state index contributed by atoms with van der Waals surface area (Å²) in [7, 11) is 0. The van der Waals surface area contributed by atoms with Crippen molar-refractivity contribution in [2.45, 2.75) is 38.6 Å². The molecule has 27 heavy (non-hydrogen) atoms. The number of nitrogens with zero attached hydrogens (tertiary/aromatic N) is 4. The van der Waals surface area contributed by atoms with E-state index in [4.69, 9.17) is 10.5 Å². The highest BCUT2D eigenvalue weighted by atomic mass is 35.5. The van der Waals surface area contributed by atoms with Crippen molar-refractivity contribution in [3.63, 3.8) is 0 Å². The number of hydrogen-bond acceptors (Lipinski definition) is 6. The molecule has 9 heteroatoms. The number of nitrogens with two attached hydrogens (primary N) is 1. The third-order valence-electron chi connectivity index (χ3n) is 4.45. The van der Waals surface area contributed by atoms with E-state index in [1.165, 1.54) is 4.88 Å². The Kier molecular flexibility index (Phi) is 7.22. The summed E-state index contributed by atoms with van der Waals surface area (Å²) >= 11 is 1.73. The van der Waals surface area contributed by atoms with Crippen LogP contribution in [0.2, 0.25) is 0 Å². The van der Waals surface area contributed by atoms with E-state index in [1.54, 1.807) is 17.5 Å². The van der Waals surface area contributed by atoms with Crippen molar-refractivity contribution in [2.75, 3.05) is 6.61 Å². The predicted octanol–water partition coefficient (Wildman–Crippen LogP) is 4.15. The molecule has 0 unspecified atom stereocenters. The zero-order chi connectivity index (χ0) is 17.4. The summed E-state index contributed by atoms with van der Waals surface area (Å²) in [6.45, 7) is 4.68. The van der Waals surface area contributed by atoms with Gasteiger partial charge in [0.25, 0.3) is 0 Å². The smallest absolute Gasteiger partial charge is 0.187 e. The average Bonchev–Trinajstić information content (AvgIpc) is 3.19. The molecular formula is C18H23Cl2N5OS. The van der Waals surface area contributed by atoms with Crippen molar-refractivity contribution in [3.8, 4) is 22.3 Å². The van der Waals surface area contributed by atoms with E-state index >= 15 is 0 Å². The molecule has 0 bridgehead atoms. The standard InChI is InChI=1S/C18H21N5OS.2ClH/c1-3-24-14-5-6-15(20-10-14)18-22-21-17(12-8-13(19)9-12)23(18)16-7-4-11(2)25-16;;/h4-7,10,12-13H,3,8-9,19H2,1-2H3;2*1H/t12-,13-;;. The number of ether oxygens (including phenoxy) is 1. The number of rotatable bonds is 5. The molecule has 0 radical (unpaired) electrons. The summed E-state index contributed by atoms with van der Waals surface area (Å²) in [6.07, 6.45) is 3.65. The highest BCUT2D eigenvalue weighted by Gasteiger charge is 2.33. The molecule has 0 saturated heterocycles. The zero-order valence-electron chi connectivity index (χ0n) is 15.2. The number of aromatic nitrogens is 4. The summed E-state index contributed by atoms with van der Waals surface area (Å²) in [6, 6.07) is 8.35. The molecule has 0 spiro atoms. The molecule has 3 aromatic rings. The van der Waals surface area contributed by atoms with E-state index < -0.39 is 0 Å². The Balaban J connectivity index is 0.00000131. The Labute approximate surface area is 175 Å². The number of hydrogen-bond donors (Lipinski definition) is 1. The van der Waals surface area contributed by atoms with Gasteiger partial charge in [-0.2, -0.15) is 0 Å². The van der Waals surface area contributed by atoms with Gasteiger partial charge in [-0.3, -0.25) is 4.57 Å². The second-order valence-electron chi connectivity index (χ2n) is 6.34. The summed E-state index contributed by atoms with van der Waals surface area (Å²) in [5, 5.41) is 10.1. The summed E-state index contributed by atoms with van der Waals surface area (Å²) in [5.74, 6) is 2.87. The maximum Gasteiger partial charge on any atom is 0.187 e. The van der Waals surface area contributed by atoms with Gasteiger partial charge in [-0.1, -0.05) is 0 Å². The van der Waals surface area contributed by atoms with Gasteiger partial charge in [-0.25, -0.2) is 4.98 Å². The molecule has 2 N–H and O–H groups in total. The first-order chi connectivity index (χ1) is 12.2. The fraction of sp³-hybridized carbons (Fsp3) is 0.389. The van der Waals surface area contributed by atoms with Crippen LogP contribution in [0.3, 0.4) is 0 Å². The molecule has 3 heterocycles. The molecule has 1 aliphatic carbocycles. The molecule has 1 fully saturated rings. The van der Waals surface area contributed by atoms with Gasteiger partial charge in [0.1, 0.15) is 22.3 Å². The molecule has 0 aliphatic heterocycles. The first-order valence-corrected chi connectivity index (χ1v) is 9.34. The molecule has 146 valence electrons. The van der Waals surface area contributed by atoms with Crippen LogP contribution < -0.4 is 10.5 Å². The van der Waals surface area contributed by atoms with E-state index in [9.17, 15) is 0 Å². The SMILES string of the molecule is CCOc1ccc(-c2nnc([C@H]3C[C@H](N)C3)n2-c2ccc(C)s2)nc1.Cl.Cl. The van der Waals surface area contributed by atoms with Gasteiger partial charge in [-0.05, 0) is 51.0 Å².